The molecule has 0 saturated carbocycles. The van der Waals surface area contributed by atoms with Gasteiger partial charge in [0.2, 0.25) is 0 Å². The van der Waals surface area contributed by atoms with Gasteiger partial charge in [-0.3, -0.25) is 0 Å². The highest BCUT2D eigenvalue weighted by Crippen LogP contribution is 2.35. The van der Waals surface area contributed by atoms with Crippen LogP contribution in [0, 0.1) is 6.92 Å². The maximum absolute atomic E-state index is 5.24. The third kappa shape index (κ3) is 2.74. The first-order valence-corrected chi connectivity index (χ1v) is 7.57. The van der Waals surface area contributed by atoms with Gasteiger partial charge in [0.05, 0.1) is 17.3 Å². The standard InChI is InChI=1S/C15H13NOS2/c1-10-3-6-12(7-4-10)18-15-16-13-8-5-11(17-2)9-14(13)19-15/h3-9H,1-2H3. The first kappa shape index (κ1) is 12.5. The van der Waals surface area contributed by atoms with E-state index in [1.165, 1.54) is 10.5 Å². The smallest absolute Gasteiger partial charge is 0.155 e. The Morgan fingerprint density at radius 1 is 1.11 bits per heavy atom. The number of hydrogen-bond donors (Lipinski definition) is 0. The molecule has 4 heteroatoms. The molecule has 2 nitrogen and oxygen atoms in total. The Bertz CT molecular complexity index is 704. The van der Waals surface area contributed by atoms with Crippen LogP contribution in [0.1, 0.15) is 5.56 Å². The summed E-state index contributed by atoms with van der Waals surface area (Å²) in [5.74, 6) is 0.878. The van der Waals surface area contributed by atoms with Crippen LogP contribution < -0.4 is 4.74 Å². The van der Waals surface area contributed by atoms with E-state index in [1.807, 2.05) is 18.2 Å². The molecule has 0 unspecified atom stereocenters. The maximum atomic E-state index is 5.24. The van der Waals surface area contributed by atoms with Crippen LogP contribution in [0.15, 0.2) is 51.7 Å². The molecule has 0 N–H and O–H groups in total. The highest BCUT2D eigenvalue weighted by atomic mass is 32.2. The van der Waals surface area contributed by atoms with E-state index in [1.54, 1.807) is 30.2 Å². The first-order valence-electron chi connectivity index (χ1n) is 5.94. The van der Waals surface area contributed by atoms with E-state index in [2.05, 4.69) is 36.2 Å². The summed E-state index contributed by atoms with van der Waals surface area (Å²) in [7, 11) is 1.68. The van der Waals surface area contributed by atoms with E-state index in [4.69, 9.17) is 4.74 Å². The van der Waals surface area contributed by atoms with Gasteiger partial charge in [0.15, 0.2) is 4.34 Å². The minimum atomic E-state index is 0.878. The lowest BCUT2D eigenvalue weighted by Gasteiger charge is -1.97. The third-order valence-electron chi connectivity index (χ3n) is 2.80. The summed E-state index contributed by atoms with van der Waals surface area (Å²) >= 11 is 3.40. The summed E-state index contributed by atoms with van der Waals surface area (Å²) in [6.07, 6.45) is 0. The van der Waals surface area contributed by atoms with Gasteiger partial charge >= 0.3 is 0 Å². The Morgan fingerprint density at radius 2 is 1.89 bits per heavy atom. The van der Waals surface area contributed by atoms with Gasteiger partial charge in [0.25, 0.3) is 0 Å². The molecule has 3 rings (SSSR count). The number of ether oxygens (including phenoxy) is 1. The molecular formula is C15H13NOS2. The van der Waals surface area contributed by atoms with E-state index in [9.17, 15) is 0 Å². The van der Waals surface area contributed by atoms with E-state index in [0.717, 1.165) is 20.3 Å². The van der Waals surface area contributed by atoms with Crippen LogP contribution in [0.25, 0.3) is 10.2 Å². The lowest BCUT2D eigenvalue weighted by Crippen LogP contribution is -1.80. The molecule has 0 atom stereocenters. The summed E-state index contributed by atoms with van der Waals surface area (Å²) < 4.78 is 7.46. The molecule has 0 amide bonds. The van der Waals surface area contributed by atoms with Crippen LogP contribution >= 0.6 is 23.1 Å². The number of methoxy groups -OCH3 is 1. The van der Waals surface area contributed by atoms with Crippen molar-refractivity contribution >= 4 is 33.3 Å². The fourth-order valence-electron chi connectivity index (χ4n) is 1.76. The van der Waals surface area contributed by atoms with Crippen molar-refractivity contribution in [3.05, 3.63) is 48.0 Å². The predicted octanol–water partition coefficient (Wildman–Crippen LogP) is 4.76. The zero-order chi connectivity index (χ0) is 13.2. The normalized spacial score (nSPS) is 10.8. The second-order valence-electron chi connectivity index (χ2n) is 4.23. The number of nitrogens with zero attached hydrogens (tertiary/aromatic N) is 1. The van der Waals surface area contributed by atoms with Crippen molar-refractivity contribution < 1.29 is 4.74 Å². The number of fused-ring (bicyclic) bond motifs is 1. The molecule has 0 saturated heterocycles. The average molecular weight is 287 g/mol. The maximum Gasteiger partial charge on any atom is 0.155 e. The molecule has 0 aliphatic carbocycles. The molecule has 1 aromatic heterocycles. The van der Waals surface area contributed by atoms with Crippen molar-refractivity contribution in [3.8, 4) is 5.75 Å². The van der Waals surface area contributed by atoms with Crippen LogP contribution in [0.5, 0.6) is 5.75 Å². The average Bonchev–Trinajstić information content (AvgIpc) is 2.82. The number of rotatable bonds is 3. The molecule has 96 valence electrons. The van der Waals surface area contributed by atoms with Gasteiger partial charge in [0.1, 0.15) is 5.75 Å². The number of aryl methyl sites for hydroxylation is 1. The van der Waals surface area contributed by atoms with E-state index in [-0.39, 0.29) is 0 Å². The summed E-state index contributed by atoms with van der Waals surface area (Å²) in [6, 6.07) is 14.5. The van der Waals surface area contributed by atoms with Gasteiger partial charge in [-0.15, -0.1) is 11.3 Å². The molecule has 0 radical (unpaired) electrons. The number of aromatic nitrogens is 1. The SMILES string of the molecule is COc1ccc2nc(Sc3ccc(C)cc3)sc2c1. The number of benzene rings is 2. The highest BCUT2D eigenvalue weighted by molar-refractivity contribution is 8.01. The topological polar surface area (TPSA) is 22.1 Å². The highest BCUT2D eigenvalue weighted by Gasteiger charge is 2.06. The lowest BCUT2D eigenvalue weighted by atomic mass is 10.2. The molecule has 0 aliphatic rings. The van der Waals surface area contributed by atoms with Gasteiger partial charge in [-0.1, -0.05) is 29.5 Å². The zero-order valence-corrected chi connectivity index (χ0v) is 12.3. The summed E-state index contributed by atoms with van der Waals surface area (Å²) in [6.45, 7) is 2.10. The van der Waals surface area contributed by atoms with Crippen molar-refractivity contribution in [2.45, 2.75) is 16.2 Å². The Balaban J connectivity index is 1.90. The van der Waals surface area contributed by atoms with Crippen molar-refractivity contribution in [3.63, 3.8) is 0 Å². The Labute approximate surface area is 120 Å². The van der Waals surface area contributed by atoms with Gasteiger partial charge in [-0.25, -0.2) is 4.98 Å². The molecular weight excluding hydrogens is 274 g/mol. The second-order valence-corrected chi connectivity index (χ2v) is 6.58. The van der Waals surface area contributed by atoms with Crippen LogP contribution in [0.4, 0.5) is 0 Å². The molecule has 0 fully saturated rings. The van der Waals surface area contributed by atoms with Gasteiger partial charge in [-0.2, -0.15) is 0 Å². The van der Waals surface area contributed by atoms with E-state index in [0.29, 0.717) is 0 Å². The minimum absolute atomic E-state index is 0.878. The number of hydrogen-bond acceptors (Lipinski definition) is 4. The summed E-state index contributed by atoms with van der Waals surface area (Å²) in [5.41, 5.74) is 2.30. The Morgan fingerprint density at radius 3 is 2.63 bits per heavy atom. The van der Waals surface area contributed by atoms with Crippen LogP contribution in [0.3, 0.4) is 0 Å². The fraction of sp³-hybridized carbons (Fsp3) is 0.133. The zero-order valence-electron chi connectivity index (χ0n) is 10.7. The first-order chi connectivity index (χ1) is 9.24. The van der Waals surface area contributed by atoms with Crippen molar-refractivity contribution in [2.75, 3.05) is 7.11 Å². The Kier molecular flexibility index (Phi) is 3.44. The molecule has 0 aliphatic heterocycles. The predicted molar refractivity (Wildman–Crippen MR) is 81.5 cm³/mol. The Hall–Kier alpha value is -1.52. The summed E-state index contributed by atoms with van der Waals surface area (Å²) in [4.78, 5) is 5.85. The largest absolute Gasteiger partial charge is 0.497 e. The lowest BCUT2D eigenvalue weighted by molar-refractivity contribution is 0.415. The van der Waals surface area contributed by atoms with E-state index >= 15 is 0 Å². The third-order valence-corrected chi connectivity index (χ3v) is 4.89. The van der Waals surface area contributed by atoms with Gasteiger partial charge in [0, 0.05) is 4.90 Å². The fourth-order valence-corrected chi connectivity index (χ4v) is 3.83. The van der Waals surface area contributed by atoms with Crippen molar-refractivity contribution in [1.82, 2.24) is 4.98 Å². The van der Waals surface area contributed by atoms with Crippen LogP contribution in [-0.4, -0.2) is 12.1 Å². The van der Waals surface area contributed by atoms with Gasteiger partial charge < -0.3 is 4.74 Å². The van der Waals surface area contributed by atoms with Crippen molar-refractivity contribution in [1.29, 1.82) is 0 Å². The summed E-state index contributed by atoms with van der Waals surface area (Å²) in [5, 5.41) is 0. The molecule has 2 aromatic carbocycles. The number of thiazole rings is 1. The second kappa shape index (κ2) is 5.23. The van der Waals surface area contributed by atoms with E-state index < -0.39 is 0 Å². The minimum Gasteiger partial charge on any atom is -0.497 e. The molecule has 0 bridgehead atoms. The van der Waals surface area contributed by atoms with Crippen LogP contribution in [0.2, 0.25) is 0 Å². The van der Waals surface area contributed by atoms with Crippen LogP contribution in [-0.2, 0) is 0 Å². The monoisotopic (exact) mass is 287 g/mol. The van der Waals surface area contributed by atoms with Crippen molar-refractivity contribution in [2.24, 2.45) is 0 Å². The quantitative estimate of drug-likeness (QED) is 0.693. The van der Waals surface area contributed by atoms with Gasteiger partial charge in [-0.05, 0) is 37.3 Å². The molecule has 0 spiro atoms. The molecule has 19 heavy (non-hydrogen) atoms. The molecule has 1 heterocycles. The molecule has 3 aromatic rings.